The molecule has 0 aliphatic carbocycles. The van der Waals surface area contributed by atoms with Crippen molar-refractivity contribution >= 4 is 32.3 Å². The zero-order valence-electron chi connectivity index (χ0n) is 25.3. The number of Topliss-reactive ketones (excluding diaryl/α,β-unsaturated/α-hetero) is 1. The van der Waals surface area contributed by atoms with Gasteiger partial charge in [0, 0.05) is 12.1 Å². The van der Waals surface area contributed by atoms with Gasteiger partial charge in [0.15, 0.2) is 9.84 Å². The Hall–Kier alpha value is -4.81. The Labute approximate surface area is 268 Å². The number of ketones is 1. The van der Waals surface area contributed by atoms with Gasteiger partial charge in [0.1, 0.15) is 23.1 Å². The van der Waals surface area contributed by atoms with Gasteiger partial charge in [0.2, 0.25) is 5.76 Å². The highest BCUT2D eigenvalue weighted by Gasteiger charge is 2.35. The zero-order valence-corrected chi connectivity index (χ0v) is 26.1. The van der Waals surface area contributed by atoms with Crippen molar-refractivity contribution in [2.24, 2.45) is 0 Å². The molecule has 0 fully saturated rings. The van der Waals surface area contributed by atoms with Gasteiger partial charge in [-0.2, -0.15) is 13.2 Å². The van der Waals surface area contributed by atoms with Crippen LogP contribution in [0, 0.1) is 12.7 Å². The molecule has 0 unspecified atom stereocenters. The van der Waals surface area contributed by atoms with E-state index in [1.165, 1.54) is 17.0 Å². The molecule has 0 atom stereocenters. The van der Waals surface area contributed by atoms with E-state index in [4.69, 9.17) is 4.42 Å². The lowest BCUT2D eigenvalue weighted by molar-refractivity contribution is -0.153. The van der Waals surface area contributed by atoms with Crippen molar-refractivity contribution in [1.82, 2.24) is 4.90 Å². The molecule has 0 aliphatic rings. The largest absolute Gasteiger partial charge is 0.455 e. The number of halogens is 4. The highest BCUT2D eigenvalue weighted by atomic mass is 32.2. The summed E-state index contributed by atoms with van der Waals surface area (Å²) in [4.78, 5) is 26.5. The van der Waals surface area contributed by atoms with Crippen LogP contribution in [-0.2, 0) is 40.5 Å². The topological polar surface area (TPSA) is 105 Å². The number of carbonyl (C=O) groups excluding carboxylic acids is 2. The Balaban J connectivity index is 1.51. The molecule has 1 aromatic heterocycles. The Morgan fingerprint density at radius 2 is 1.60 bits per heavy atom. The maximum Gasteiger partial charge on any atom is 0.449 e. The van der Waals surface area contributed by atoms with Gasteiger partial charge in [-0.3, -0.25) is 9.59 Å². The normalized spacial score (nSPS) is 12.0. The number of sulfone groups is 1. The summed E-state index contributed by atoms with van der Waals surface area (Å²) in [5.41, 5.74) is 1.76. The van der Waals surface area contributed by atoms with Gasteiger partial charge >= 0.3 is 6.18 Å². The number of nitrogens with zero attached hydrogens (tertiary/aromatic N) is 1. The lowest BCUT2D eigenvalue weighted by Crippen LogP contribution is -2.30. The van der Waals surface area contributed by atoms with Crippen molar-refractivity contribution in [3.8, 4) is 11.1 Å². The minimum absolute atomic E-state index is 0.0418. The van der Waals surface area contributed by atoms with Gasteiger partial charge in [-0.1, -0.05) is 60.7 Å². The van der Waals surface area contributed by atoms with E-state index in [1.54, 1.807) is 49.4 Å². The molecule has 5 rings (SSSR count). The SMILES string of the molecule is CC(=O)CS(=O)(=O)c1cc(-c2ccc(CN(Cc3ccc(C(F)(F)F)o3)C(=O)c3c(C)ccc4ccccc34)cc2)cc(F)c1CO. The van der Waals surface area contributed by atoms with Crippen LogP contribution in [0.2, 0.25) is 0 Å². The molecule has 1 N–H and O–H groups in total. The first-order valence-electron chi connectivity index (χ1n) is 14.4. The van der Waals surface area contributed by atoms with Crippen LogP contribution in [0.1, 0.15) is 45.5 Å². The molecule has 244 valence electrons. The molecule has 0 saturated carbocycles. The van der Waals surface area contributed by atoms with Crippen LogP contribution in [0.15, 0.2) is 94.2 Å². The van der Waals surface area contributed by atoms with Crippen LogP contribution in [0.5, 0.6) is 0 Å². The fourth-order valence-electron chi connectivity index (χ4n) is 5.40. The number of hydrogen-bond acceptors (Lipinski definition) is 6. The van der Waals surface area contributed by atoms with E-state index in [2.05, 4.69) is 0 Å². The molecule has 4 aromatic carbocycles. The van der Waals surface area contributed by atoms with E-state index in [0.717, 1.165) is 24.4 Å². The smallest absolute Gasteiger partial charge is 0.449 e. The second-order valence-electron chi connectivity index (χ2n) is 11.2. The summed E-state index contributed by atoms with van der Waals surface area (Å²) in [7, 11) is -4.24. The highest BCUT2D eigenvalue weighted by Crippen LogP contribution is 2.33. The molecule has 5 aromatic rings. The van der Waals surface area contributed by atoms with Crippen LogP contribution in [0.25, 0.3) is 21.9 Å². The minimum Gasteiger partial charge on any atom is -0.455 e. The molecule has 47 heavy (non-hydrogen) atoms. The summed E-state index contributed by atoms with van der Waals surface area (Å²) in [5, 5.41) is 11.1. The number of amides is 1. The van der Waals surface area contributed by atoms with Gasteiger partial charge in [-0.05, 0) is 71.1 Å². The van der Waals surface area contributed by atoms with E-state index < -0.39 is 62.1 Å². The number of benzene rings is 4. The van der Waals surface area contributed by atoms with Gasteiger partial charge in [0.05, 0.1) is 23.6 Å². The third-order valence-corrected chi connectivity index (χ3v) is 9.45. The molecule has 0 saturated heterocycles. The molecule has 1 amide bonds. The summed E-state index contributed by atoms with van der Waals surface area (Å²) in [5.74, 6) is -4.16. The molecule has 12 heteroatoms. The molecular weight excluding hydrogens is 638 g/mol. The van der Waals surface area contributed by atoms with Gasteiger partial charge in [0.25, 0.3) is 5.91 Å². The summed E-state index contributed by atoms with van der Waals surface area (Å²) >= 11 is 0. The van der Waals surface area contributed by atoms with Crippen LogP contribution >= 0.6 is 0 Å². The molecule has 0 bridgehead atoms. The number of aryl methyl sites for hydroxylation is 1. The number of aliphatic hydroxyl groups excluding tert-OH is 1. The van der Waals surface area contributed by atoms with E-state index >= 15 is 0 Å². The first-order valence-corrected chi connectivity index (χ1v) is 16.0. The third-order valence-electron chi connectivity index (χ3n) is 7.63. The maximum absolute atomic E-state index is 15.0. The van der Waals surface area contributed by atoms with E-state index in [0.29, 0.717) is 27.6 Å². The van der Waals surface area contributed by atoms with Crippen molar-refractivity contribution in [3.63, 3.8) is 0 Å². The summed E-state index contributed by atoms with van der Waals surface area (Å²) in [6.45, 7) is 1.65. The van der Waals surface area contributed by atoms with Crippen LogP contribution in [0.4, 0.5) is 17.6 Å². The average Bonchev–Trinajstić information content (AvgIpc) is 3.49. The number of furan rings is 1. The second kappa shape index (κ2) is 13.1. The number of carbonyl (C=O) groups is 2. The maximum atomic E-state index is 15.0. The predicted molar refractivity (Wildman–Crippen MR) is 166 cm³/mol. The monoisotopic (exact) mass is 667 g/mol. The summed E-state index contributed by atoms with van der Waals surface area (Å²) in [6, 6.07) is 21.6. The molecule has 0 radical (unpaired) electrons. The lowest BCUT2D eigenvalue weighted by atomic mass is 9.98. The average molecular weight is 668 g/mol. The Kier molecular flexibility index (Phi) is 9.37. The Morgan fingerprint density at radius 3 is 2.23 bits per heavy atom. The Bertz CT molecular complexity index is 2090. The van der Waals surface area contributed by atoms with Crippen LogP contribution in [-0.4, -0.2) is 35.9 Å². The fraction of sp³-hybridized carbons (Fsp3) is 0.200. The number of fused-ring (bicyclic) bond motifs is 1. The first-order chi connectivity index (χ1) is 22.2. The predicted octanol–water partition coefficient (Wildman–Crippen LogP) is 7.26. The van der Waals surface area contributed by atoms with Crippen LogP contribution < -0.4 is 0 Å². The van der Waals surface area contributed by atoms with Crippen molar-refractivity contribution in [1.29, 1.82) is 0 Å². The Morgan fingerprint density at radius 1 is 0.894 bits per heavy atom. The molecular formula is C35H29F4NO6S. The van der Waals surface area contributed by atoms with E-state index in [9.17, 15) is 40.7 Å². The standard InChI is InChI=1S/C35H29F4NO6S/c1-21-7-10-25-5-3-4-6-28(25)33(21)34(43)40(18-27-13-14-32(46-27)35(37,38)39)17-23-8-11-24(12-9-23)26-15-30(36)29(19-41)31(16-26)47(44,45)20-22(2)42/h3-16,41H,17-20H2,1-2H3. The highest BCUT2D eigenvalue weighted by molar-refractivity contribution is 7.92. The first kappa shape index (κ1) is 33.6. The zero-order chi connectivity index (χ0) is 34.1. The van der Waals surface area contributed by atoms with Gasteiger partial charge < -0.3 is 14.4 Å². The van der Waals surface area contributed by atoms with Crippen LogP contribution in [0.3, 0.4) is 0 Å². The molecule has 0 aliphatic heterocycles. The number of aliphatic hydroxyl groups is 1. The van der Waals surface area contributed by atoms with Crippen molar-refractivity contribution in [2.45, 2.75) is 44.6 Å². The van der Waals surface area contributed by atoms with E-state index in [1.807, 2.05) is 18.2 Å². The summed E-state index contributed by atoms with van der Waals surface area (Å²) in [6.07, 6.45) is -4.70. The van der Waals surface area contributed by atoms with E-state index in [-0.39, 0.29) is 24.4 Å². The molecule has 7 nitrogen and oxygen atoms in total. The van der Waals surface area contributed by atoms with Gasteiger partial charge in [-0.15, -0.1) is 0 Å². The van der Waals surface area contributed by atoms with Crippen molar-refractivity contribution < 1.29 is 45.1 Å². The lowest BCUT2D eigenvalue weighted by Gasteiger charge is -2.24. The molecule has 0 spiro atoms. The number of alkyl halides is 3. The molecule has 1 heterocycles. The minimum atomic E-state index is -4.70. The second-order valence-corrected chi connectivity index (χ2v) is 13.1. The van der Waals surface area contributed by atoms with Gasteiger partial charge in [-0.25, -0.2) is 12.8 Å². The van der Waals surface area contributed by atoms with Crippen molar-refractivity contribution in [2.75, 3.05) is 5.75 Å². The number of rotatable bonds is 10. The fourth-order valence-corrected chi connectivity index (χ4v) is 6.94. The summed E-state index contributed by atoms with van der Waals surface area (Å²) < 4.78 is 85.5. The van der Waals surface area contributed by atoms with Crippen molar-refractivity contribution in [3.05, 3.63) is 125 Å². The quantitative estimate of drug-likeness (QED) is 0.157. The third kappa shape index (κ3) is 7.28. The number of hydrogen-bond donors (Lipinski definition) is 1.